The predicted molar refractivity (Wildman–Crippen MR) is 116 cm³/mol. The topological polar surface area (TPSA) is 65.1 Å². The van der Waals surface area contributed by atoms with Crippen LogP contribution in [0.3, 0.4) is 0 Å². The number of pyridine rings is 1. The van der Waals surface area contributed by atoms with Crippen molar-refractivity contribution in [3.63, 3.8) is 0 Å². The Morgan fingerprint density at radius 1 is 1.13 bits per heavy atom. The van der Waals surface area contributed by atoms with Gasteiger partial charge in [0.15, 0.2) is 11.0 Å². The summed E-state index contributed by atoms with van der Waals surface area (Å²) in [6.07, 6.45) is 1.72. The van der Waals surface area contributed by atoms with E-state index < -0.39 is 0 Å². The van der Waals surface area contributed by atoms with Crippen LogP contribution in [0.4, 0.5) is 4.39 Å². The van der Waals surface area contributed by atoms with E-state index in [0.717, 1.165) is 5.56 Å². The summed E-state index contributed by atoms with van der Waals surface area (Å²) in [6.45, 7) is 6.77. The van der Waals surface area contributed by atoms with Crippen molar-refractivity contribution in [1.29, 1.82) is 0 Å². The Morgan fingerprint density at radius 3 is 2.70 bits per heavy atom. The molecular formula is C22H22FN5OS. The molecule has 3 aromatic heterocycles. The van der Waals surface area contributed by atoms with E-state index in [9.17, 15) is 9.18 Å². The Balaban J connectivity index is 1.67. The van der Waals surface area contributed by atoms with Gasteiger partial charge in [0.2, 0.25) is 0 Å². The summed E-state index contributed by atoms with van der Waals surface area (Å²) in [5.74, 6) is 0.975. The number of aromatic nitrogens is 5. The van der Waals surface area contributed by atoms with Crippen molar-refractivity contribution >= 4 is 17.4 Å². The molecule has 0 spiro atoms. The number of thioether (sulfide) groups is 1. The third-order valence-corrected chi connectivity index (χ3v) is 5.67. The molecule has 4 aromatic rings. The van der Waals surface area contributed by atoms with E-state index >= 15 is 0 Å². The van der Waals surface area contributed by atoms with Crippen molar-refractivity contribution in [1.82, 2.24) is 24.1 Å². The van der Waals surface area contributed by atoms with Gasteiger partial charge in [0.1, 0.15) is 11.5 Å². The van der Waals surface area contributed by atoms with Crippen LogP contribution in [0, 0.1) is 18.7 Å². The van der Waals surface area contributed by atoms with Gasteiger partial charge < -0.3 is 4.57 Å². The number of rotatable bonds is 6. The first-order valence-electron chi connectivity index (χ1n) is 9.73. The fourth-order valence-electron chi connectivity index (χ4n) is 3.29. The average Bonchev–Trinajstić information content (AvgIpc) is 3.09. The molecule has 154 valence electrons. The number of fused-ring (bicyclic) bond motifs is 1. The van der Waals surface area contributed by atoms with E-state index in [1.165, 1.54) is 17.8 Å². The van der Waals surface area contributed by atoms with Crippen LogP contribution in [0.25, 0.3) is 17.0 Å². The normalized spacial score (nSPS) is 11.5. The summed E-state index contributed by atoms with van der Waals surface area (Å²) in [4.78, 5) is 17.1. The van der Waals surface area contributed by atoms with Gasteiger partial charge in [-0.05, 0) is 36.6 Å². The maximum absolute atomic E-state index is 14.3. The first-order valence-corrected chi connectivity index (χ1v) is 10.7. The monoisotopic (exact) mass is 423 g/mol. The SMILES string of the molecule is Cc1cccn2c(=O)cc(CSc3nnc(-c4ccccc4F)n3CC(C)C)nc12. The second-order valence-electron chi connectivity index (χ2n) is 7.55. The summed E-state index contributed by atoms with van der Waals surface area (Å²) >= 11 is 1.44. The minimum absolute atomic E-state index is 0.116. The predicted octanol–water partition coefficient (Wildman–Crippen LogP) is 4.35. The standard InChI is InChI=1S/C22H22FN5OS/c1-14(2)12-28-21(17-8-4-5-9-18(17)23)25-26-22(28)30-13-16-11-19(29)27-10-6-7-15(3)20(27)24-16/h4-11,14H,12-13H2,1-3H3. The van der Waals surface area contributed by atoms with Gasteiger partial charge in [-0.2, -0.15) is 0 Å². The Labute approximate surface area is 177 Å². The van der Waals surface area contributed by atoms with Gasteiger partial charge >= 0.3 is 0 Å². The van der Waals surface area contributed by atoms with Crippen molar-refractivity contribution < 1.29 is 4.39 Å². The van der Waals surface area contributed by atoms with Gasteiger partial charge in [0.25, 0.3) is 5.56 Å². The molecule has 8 heteroatoms. The van der Waals surface area contributed by atoms with Crippen LogP contribution in [0.5, 0.6) is 0 Å². The largest absolute Gasteiger partial charge is 0.302 e. The second kappa shape index (κ2) is 8.39. The minimum Gasteiger partial charge on any atom is -0.302 e. The zero-order valence-corrected chi connectivity index (χ0v) is 17.9. The highest BCUT2D eigenvalue weighted by atomic mass is 32.2. The molecule has 0 aliphatic carbocycles. The van der Waals surface area contributed by atoms with Crippen LogP contribution in [-0.2, 0) is 12.3 Å². The number of nitrogens with zero attached hydrogens (tertiary/aromatic N) is 5. The number of hydrogen-bond donors (Lipinski definition) is 0. The zero-order chi connectivity index (χ0) is 21.3. The lowest BCUT2D eigenvalue weighted by Crippen LogP contribution is -2.16. The lowest BCUT2D eigenvalue weighted by molar-refractivity contribution is 0.496. The number of aryl methyl sites for hydroxylation is 1. The molecule has 0 aliphatic heterocycles. The molecule has 0 saturated carbocycles. The van der Waals surface area contributed by atoms with Gasteiger partial charge in [-0.1, -0.05) is 43.8 Å². The molecule has 4 rings (SSSR count). The van der Waals surface area contributed by atoms with Crippen molar-refractivity contribution in [2.24, 2.45) is 5.92 Å². The average molecular weight is 424 g/mol. The summed E-state index contributed by atoms with van der Waals surface area (Å²) < 4.78 is 17.8. The quantitative estimate of drug-likeness (QED) is 0.432. The van der Waals surface area contributed by atoms with Gasteiger partial charge in [-0.15, -0.1) is 10.2 Å². The molecule has 0 unspecified atom stereocenters. The third-order valence-electron chi connectivity index (χ3n) is 4.67. The molecule has 1 aromatic carbocycles. The highest BCUT2D eigenvalue weighted by molar-refractivity contribution is 7.98. The van der Waals surface area contributed by atoms with Crippen molar-refractivity contribution in [3.8, 4) is 11.4 Å². The Hall–Kier alpha value is -3.00. The van der Waals surface area contributed by atoms with Crippen LogP contribution < -0.4 is 5.56 Å². The van der Waals surface area contributed by atoms with E-state index in [4.69, 9.17) is 0 Å². The van der Waals surface area contributed by atoms with Crippen LogP contribution >= 0.6 is 11.8 Å². The smallest absolute Gasteiger partial charge is 0.258 e. The molecule has 0 N–H and O–H groups in total. The lowest BCUT2D eigenvalue weighted by atomic mass is 10.2. The van der Waals surface area contributed by atoms with E-state index in [0.29, 0.717) is 46.1 Å². The highest BCUT2D eigenvalue weighted by Crippen LogP contribution is 2.28. The van der Waals surface area contributed by atoms with Crippen molar-refractivity contribution in [2.75, 3.05) is 0 Å². The van der Waals surface area contributed by atoms with Gasteiger partial charge in [0, 0.05) is 24.6 Å². The van der Waals surface area contributed by atoms with Crippen molar-refractivity contribution in [3.05, 3.63) is 76.1 Å². The molecule has 3 heterocycles. The number of hydrogen-bond acceptors (Lipinski definition) is 5. The molecule has 0 radical (unpaired) electrons. The summed E-state index contributed by atoms with van der Waals surface area (Å²) in [7, 11) is 0. The Bertz CT molecular complexity index is 1260. The van der Waals surface area contributed by atoms with Crippen molar-refractivity contribution in [2.45, 2.75) is 38.2 Å². The van der Waals surface area contributed by atoms with Crippen LogP contribution in [0.1, 0.15) is 25.1 Å². The highest BCUT2D eigenvalue weighted by Gasteiger charge is 2.18. The lowest BCUT2D eigenvalue weighted by Gasteiger charge is -2.13. The first kappa shape index (κ1) is 20.3. The summed E-state index contributed by atoms with van der Waals surface area (Å²) in [6, 6.07) is 11.9. The minimum atomic E-state index is -0.328. The fourth-order valence-corrected chi connectivity index (χ4v) is 4.13. The van der Waals surface area contributed by atoms with E-state index in [-0.39, 0.29) is 11.4 Å². The van der Waals surface area contributed by atoms with Crippen LogP contribution in [0.2, 0.25) is 0 Å². The fraction of sp³-hybridized carbons (Fsp3) is 0.273. The molecule has 0 saturated heterocycles. The maximum atomic E-state index is 14.3. The first-order chi connectivity index (χ1) is 14.4. The molecule has 0 bridgehead atoms. The molecular weight excluding hydrogens is 401 g/mol. The van der Waals surface area contributed by atoms with Crippen LogP contribution in [0.15, 0.2) is 58.6 Å². The van der Waals surface area contributed by atoms with Gasteiger partial charge in [-0.25, -0.2) is 9.37 Å². The summed E-state index contributed by atoms with van der Waals surface area (Å²) in [5, 5.41) is 9.24. The van der Waals surface area contributed by atoms with Gasteiger partial charge in [-0.3, -0.25) is 9.20 Å². The van der Waals surface area contributed by atoms with E-state index in [2.05, 4.69) is 29.0 Å². The Kier molecular flexibility index (Phi) is 5.67. The maximum Gasteiger partial charge on any atom is 0.258 e. The molecule has 0 atom stereocenters. The number of halogens is 1. The third kappa shape index (κ3) is 4.00. The Morgan fingerprint density at radius 2 is 1.93 bits per heavy atom. The second-order valence-corrected chi connectivity index (χ2v) is 8.49. The van der Waals surface area contributed by atoms with E-state index in [1.807, 2.05) is 23.6 Å². The molecule has 0 amide bonds. The zero-order valence-electron chi connectivity index (χ0n) is 17.0. The molecule has 30 heavy (non-hydrogen) atoms. The molecule has 0 fully saturated rings. The van der Waals surface area contributed by atoms with Gasteiger partial charge in [0.05, 0.1) is 11.3 Å². The molecule has 0 aliphatic rings. The molecule has 6 nitrogen and oxygen atoms in total. The number of benzene rings is 1. The van der Waals surface area contributed by atoms with E-state index in [1.54, 1.807) is 34.9 Å². The van der Waals surface area contributed by atoms with Crippen LogP contribution in [-0.4, -0.2) is 24.1 Å². The summed E-state index contributed by atoms with van der Waals surface area (Å²) in [5.41, 5.74) is 2.57.